The van der Waals surface area contributed by atoms with Gasteiger partial charge in [0.1, 0.15) is 0 Å². The molecule has 2 N–H and O–H groups in total. The summed E-state index contributed by atoms with van der Waals surface area (Å²) < 4.78 is 4.94. The number of carbonyl (C=O) groups excluding carboxylic acids is 1. The third kappa shape index (κ3) is 3.70. The van der Waals surface area contributed by atoms with Crippen LogP contribution in [-0.4, -0.2) is 11.0 Å². The molecule has 98 valence electrons. The van der Waals surface area contributed by atoms with Gasteiger partial charge in [-0.05, 0) is 42.5 Å². The molecule has 0 aliphatic carbocycles. The molecule has 0 bridgehead atoms. The molecule has 0 spiro atoms. The second-order valence-corrected chi connectivity index (χ2v) is 4.74. The molecule has 0 fully saturated rings. The minimum atomic E-state index is -0.428. The molecule has 1 amide bonds. The first kappa shape index (κ1) is 13.9. The number of amides is 1. The third-order valence-corrected chi connectivity index (χ3v) is 3.09. The molecule has 4 nitrogen and oxygen atoms in total. The van der Waals surface area contributed by atoms with Crippen molar-refractivity contribution in [1.29, 1.82) is 0 Å². The predicted octanol–water partition coefficient (Wildman–Crippen LogP) is 3.71. The van der Waals surface area contributed by atoms with Crippen molar-refractivity contribution in [3.63, 3.8) is 0 Å². The van der Waals surface area contributed by atoms with Gasteiger partial charge in [0.15, 0.2) is 10.9 Å². The van der Waals surface area contributed by atoms with Crippen molar-refractivity contribution in [3.05, 3.63) is 52.4 Å². The van der Waals surface area contributed by atoms with Crippen LogP contribution >= 0.6 is 35.4 Å². The molecule has 0 aliphatic rings. The number of thiocarbonyl (C=S) groups is 1. The summed E-state index contributed by atoms with van der Waals surface area (Å²) in [7, 11) is 0. The minimum Gasteiger partial charge on any atom is -0.459 e. The third-order valence-electron chi connectivity index (χ3n) is 2.15. The van der Waals surface area contributed by atoms with E-state index in [9.17, 15) is 4.79 Å². The highest BCUT2D eigenvalue weighted by Gasteiger charge is 2.10. The molecule has 2 aromatic rings. The zero-order valence-corrected chi connectivity index (χ0v) is 11.8. The topological polar surface area (TPSA) is 54.3 Å². The summed E-state index contributed by atoms with van der Waals surface area (Å²) in [5.74, 6) is -0.249. The Balaban J connectivity index is 1.98. The van der Waals surface area contributed by atoms with Crippen molar-refractivity contribution in [2.75, 3.05) is 5.32 Å². The van der Waals surface area contributed by atoms with Crippen LogP contribution in [0, 0.1) is 0 Å². The first-order chi connectivity index (χ1) is 9.06. The van der Waals surface area contributed by atoms with E-state index in [0.717, 1.165) is 0 Å². The molecule has 0 radical (unpaired) electrons. The van der Waals surface area contributed by atoms with Crippen LogP contribution in [0.1, 0.15) is 10.6 Å². The highest BCUT2D eigenvalue weighted by molar-refractivity contribution is 7.80. The average Bonchev–Trinajstić information content (AvgIpc) is 2.87. The van der Waals surface area contributed by atoms with Gasteiger partial charge < -0.3 is 9.73 Å². The fraction of sp³-hybridized carbons (Fsp3) is 0. The summed E-state index contributed by atoms with van der Waals surface area (Å²) in [6.07, 6.45) is 1.41. The van der Waals surface area contributed by atoms with E-state index in [1.54, 1.807) is 24.3 Å². The maximum absolute atomic E-state index is 11.6. The summed E-state index contributed by atoms with van der Waals surface area (Å²) in [4.78, 5) is 11.6. The first-order valence-corrected chi connectivity index (χ1v) is 6.33. The highest BCUT2D eigenvalue weighted by Crippen LogP contribution is 2.24. The van der Waals surface area contributed by atoms with E-state index < -0.39 is 5.91 Å². The van der Waals surface area contributed by atoms with E-state index in [4.69, 9.17) is 39.8 Å². The van der Waals surface area contributed by atoms with Gasteiger partial charge in [0.25, 0.3) is 5.91 Å². The molecule has 0 saturated carbocycles. The van der Waals surface area contributed by atoms with E-state index >= 15 is 0 Å². The smallest absolute Gasteiger partial charge is 0.293 e. The molecule has 0 aliphatic heterocycles. The van der Waals surface area contributed by atoms with Crippen LogP contribution in [0.4, 0.5) is 5.69 Å². The van der Waals surface area contributed by atoms with E-state index in [-0.39, 0.29) is 10.9 Å². The Morgan fingerprint density at radius 3 is 2.63 bits per heavy atom. The van der Waals surface area contributed by atoms with Gasteiger partial charge in [-0.3, -0.25) is 10.1 Å². The lowest BCUT2D eigenvalue weighted by Gasteiger charge is -2.09. The van der Waals surface area contributed by atoms with Crippen molar-refractivity contribution in [3.8, 4) is 0 Å². The summed E-state index contributed by atoms with van der Waals surface area (Å²) in [5, 5.41) is 6.27. The van der Waals surface area contributed by atoms with E-state index in [1.807, 2.05) is 0 Å². The van der Waals surface area contributed by atoms with Crippen molar-refractivity contribution in [1.82, 2.24) is 5.32 Å². The number of furan rings is 1. The van der Waals surface area contributed by atoms with Crippen molar-refractivity contribution in [2.24, 2.45) is 0 Å². The number of benzene rings is 1. The van der Waals surface area contributed by atoms with Crippen LogP contribution in [-0.2, 0) is 0 Å². The molecule has 1 aromatic heterocycles. The molecule has 0 unspecified atom stereocenters. The van der Waals surface area contributed by atoms with Gasteiger partial charge in [-0.25, -0.2) is 0 Å². The van der Waals surface area contributed by atoms with Crippen LogP contribution in [0.3, 0.4) is 0 Å². The van der Waals surface area contributed by atoms with Gasteiger partial charge in [-0.2, -0.15) is 0 Å². The fourth-order valence-corrected chi connectivity index (χ4v) is 1.82. The van der Waals surface area contributed by atoms with Crippen LogP contribution in [0.2, 0.25) is 10.0 Å². The van der Waals surface area contributed by atoms with Crippen molar-refractivity contribution < 1.29 is 9.21 Å². The largest absolute Gasteiger partial charge is 0.459 e. The number of anilines is 1. The Labute approximate surface area is 124 Å². The standard InChI is InChI=1S/C12H8Cl2N2O2S/c13-8-4-3-7(6-9(8)14)15-12(19)16-11(17)10-2-1-5-18-10/h1-6H,(H2,15,16,17,19). The zero-order valence-electron chi connectivity index (χ0n) is 9.44. The van der Waals surface area contributed by atoms with Gasteiger partial charge in [-0.1, -0.05) is 23.2 Å². The fourth-order valence-electron chi connectivity index (χ4n) is 1.31. The molecule has 1 aromatic carbocycles. The SMILES string of the molecule is O=C(NC(=S)Nc1ccc(Cl)c(Cl)c1)c1ccco1. The van der Waals surface area contributed by atoms with Gasteiger partial charge >= 0.3 is 0 Å². The molecular weight excluding hydrogens is 307 g/mol. The second kappa shape index (κ2) is 6.06. The summed E-state index contributed by atoms with van der Waals surface area (Å²) >= 11 is 16.7. The lowest BCUT2D eigenvalue weighted by atomic mass is 10.3. The van der Waals surface area contributed by atoms with Gasteiger partial charge in [0.2, 0.25) is 0 Å². The Hall–Kier alpha value is -1.56. The first-order valence-electron chi connectivity index (χ1n) is 5.17. The predicted molar refractivity (Wildman–Crippen MR) is 78.9 cm³/mol. The Bertz CT molecular complexity index is 614. The quantitative estimate of drug-likeness (QED) is 0.830. The Morgan fingerprint density at radius 2 is 2.00 bits per heavy atom. The minimum absolute atomic E-state index is 0.139. The average molecular weight is 315 g/mol. The van der Waals surface area contributed by atoms with E-state index in [2.05, 4.69) is 10.6 Å². The maximum Gasteiger partial charge on any atom is 0.293 e. The normalized spacial score (nSPS) is 10.0. The maximum atomic E-state index is 11.6. The zero-order chi connectivity index (χ0) is 13.8. The number of hydrogen-bond donors (Lipinski definition) is 2. The summed E-state index contributed by atoms with van der Waals surface area (Å²) in [5.41, 5.74) is 0.624. The number of nitrogens with one attached hydrogen (secondary N) is 2. The lowest BCUT2D eigenvalue weighted by Crippen LogP contribution is -2.33. The van der Waals surface area contributed by atoms with Crippen LogP contribution < -0.4 is 10.6 Å². The molecule has 0 saturated heterocycles. The second-order valence-electron chi connectivity index (χ2n) is 3.51. The van der Waals surface area contributed by atoms with Gasteiger partial charge in [-0.15, -0.1) is 0 Å². The molecule has 1 heterocycles. The van der Waals surface area contributed by atoms with Crippen molar-refractivity contribution in [2.45, 2.75) is 0 Å². The number of carbonyl (C=O) groups is 1. The van der Waals surface area contributed by atoms with Crippen LogP contribution in [0.15, 0.2) is 41.0 Å². The highest BCUT2D eigenvalue weighted by atomic mass is 35.5. The monoisotopic (exact) mass is 314 g/mol. The van der Waals surface area contributed by atoms with Crippen LogP contribution in [0.25, 0.3) is 0 Å². The van der Waals surface area contributed by atoms with Gasteiger partial charge in [0.05, 0.1) is 16.3 Å². The molecule has 2 rings (SSSR count). The number of rotatable bonds is 2. The molecular formula is C12H8Cl2N2O2S. The molecule has 0 atom stereocenters. The Morgan fingerprint density at radius 1 is 1.21 bits per heavy atom. The van der Waals surface area contributed by atoms with Crippen molar-refractivity contribution >= 4 is 52.1 Å². The van der Waals surface area contributed by atoms with E-state index in [0.29, 0.717) is 15.7 Å². The number of halogens is 2. The van der Waals surface area contributed by atoms with Gasteiger partial charge in [0, 0.05) is 5.69 Å². The number of hydrogen-bond acceptors (Lipinski definition) is 3. The van der Waals surface area contributed by atoms with E-state index in [1.165, 1.54) is 12.3 Å². The van der Waals surface area contributed by atoms with Crippen LogP contribution in [0.5, 0.6) is 0 Å². The molecule has 19 heavy (non-hydrogen) atoms. The Kier molecular flexibility index (Phi) is 4.42. The summed E-state index contributed by atoms with van der Waals surface area (Å²) in [6, 6.07) is 8.08. The molecule has 7 heteroatoms. The summed E-state index contributed by atoms with van der Waals surface area (Å²) in [6.45, 7) is 0. The lowest BCUT2D eigenvalue weighted by molar-refractivity contribution is 0.0950.